The second-order valence-electron chi connectivity index (χ2n) is 8.80. The van der Waals surface area contributed by atoms with Gasteiger partial charge in [-0.25, -0.2) is 8.42 Å². The number of amides is 2. The number of anilines is 1. The molecule has 37 heavy (non-hydrogen) atoms. The van der Waals surface area contributed by atoms with Crippen molar-refractivity contribution >= 4 is 55.1 Å². The van der Waals surface area contributed by atoms with E-state index in [1.54, 1.807) is 43.3 Å². The first-order valence-electron chi connectivity index (χ1n) is 11.7. The normalized spacial score (nSPS) is 12.2. The lowest BCUT2D eigenvalue weighted by molar-refractivity contribution is -0.139. The monoisotopic (exact) mass is 605 g/mol. The Morgan fingerprint density at radius 2 is 1.62 bits per heavy atom. The fourth-order valence-corrected chi connectivity index (χ4v) is 5.76. The molecule has 0 spiro atoms. The van der Waals surface area contributed by atoms with E-state index >= 15 is 0 Å². The molecule has 1 N–H and O–H groups in total. The lowest BCUT2D eigenvalue weighted by Crippen LogP contribution is -2.52. The Morgan fingerprint density at radius 1 is 0.946 bits per heavy atom. The highest BCUT2D eigenvalue weighted by molar-refractivity contribution is 9.10. The lowest BCUT2D eigenvalue weighted by Gasteiger charge is -2.32. The van der Waals surface area contributed by atoms with Gasteiger partial charge in [0.25, 0.3) is 10.0 Å². The summed E-state index contributed by atoms with van der Waals surface area (Å²) in [4.78, 5) is 28.1. The molecule has 0 saturated heterocycles. The van der Waals surface area contributed by atoms with Crippen molar-refractivity contribution in [2.24, 2.45) is 0 Å². The molecule has 0 unspecified atom stereocenters. The van der Waals surface area contributed by atoms with E-state index in [4.69, 9.17) is 11.6 Å². The maximum absolute atomic E-state index is 13.8. The highest BCUT2D eigenvalue weighted by Gasteiger charge is 2.32. The van der Waals surface area contributed by atoms with Gasteiger partial charge >= 0.3 is 0 Å². The average molecular weight is 607 g/mol. The summed E-state index contributed by atoms with van der Waals surface area (Å²) in [5, 5.41) is 3.16. The van der Waals surface area contributed by atoms with Gasteiger partial charge in [0.15, 0.2) is 0 Å². The standard InChI is InChI=1S/C27H29BrClN3O4S/c1-19(2)30-27(34)20(3)31(17-21-9-7-10-22(28)15-21)26(33)18-32(24-12-8-11-23(29)16-24)37(35,36)25-13-5-4-6-14-25/h4-16,19-20H,17-18H2,1-3H3,(H,30,34)/t20-/m0/s1. The third-order valence-corrected chi connectivity index (χ3v) is 8.06. The topological polar surface area (TPSA) is 86.8 Å². The molecule has 1 atom stereocenters. The molecule has 0 aliphatic rings. The number of rotatable bonds is 10. The Morgan fingerprint density at radius 3 is 2.24 bits per heavy atom. The Balaban J connectivity index is 2.02. The van der Waals surface area contributed by atoms with Crippen LogP contribution in [-0.2, 0) is 26.2 Å². The third-order valence-electron chi connectivity index (χ3n) is 5.55. The van der Waals surface area contributed by atoms with Gasteiger partial charge < -0.3 is 10.2 Å². The van der Waals surface area contributed by atoms with Crippen LogP contribution in [0.15, 0.2) is 88.2 Å². The molecule has 0 aliphatic heterocycles. The van der Waals surface area contributed by atoms with Crippen molar-refractivity contribution < 1.29 is 18.0 Å². The number of nitrogens with one attached hydrogen (secondary N) is 1. The molecule has 3 aromatic rings. The summed E-state index contributed by atoms with van der Waals surface area (Å²) in [6, 6.07) is 20.6. The molecule has 3 rings (SSSR count). The van der Waals surface area contributed by atoms with E-state index in [0.29, 0.717) is 5.02 Å². The van der Waals surface area contributed by atoms with Crippen LogP contribution in [-0.4, -0.2) is 43.8 Å². The molecule has 2 amide bonds. The third kappa shape index (κ3) is 7.56. The number of carbonyl (C=O) groups excluding carboxylic acids is 2. The number of benzene rings is 3. The summed E-state index contributed by atoms with van der Waals surface area (Å²) in [5.41, 5.74) is 1.03. The number of carbonyl (C=O) groups is 2. The smallest absolute Gasteiger partial charge is 0.264 e. The van der Waals surface area contributed by atoms with E-state index in [-0.39, 0.29) is 29.1 Å². The first-order chi connectivity index (χ1) is 17.5. The van der Waals surface area contributed by atoms with E-state index in [1.165, 1.54) is 23.1 Å². The van der Waals surface area contributed by atoms with Crippen LogP contribution >= 0.6 is 27.5 Å². The van der Waals surface area contributed by atoms with Crippen molar-refractivity contribution in [3.05, 3.63) is 93.9 Å². The molecule has 0 aromatic heterocycles. The van der Waals surface area contributed by atoms with E-state index in [2.05, 4.69) is 21.2 Å². The first kappa shape index (κ1) is 28.7. The van der Waals surface area contributed by atoms with Gasteiger partial charge in [0.1, 0.15) is 12.6 Å². The van der Waals surface area contributed by atoms with Gasteiger partial charge in [0, 0.05) is 22.1 Å². The minimum atomic E-state index is -4.12. The van der Waals surface area contributed by atoms with E-state index in [9.17, 15) is 18.0 Å². The predicted octanol–water partition coefficient (Wildman–Crippen LogP) is 5.24. The fourth-order valence-electron chi connectivity index (χ4n) is 3.70. The Kier molecular flexibility index (Phi) is 9.75. The van der Waals surface area contributed by atoms with Crippen LogP contribution in [0.2, 0.25) is 5.02 Å². The summed E-state index contributed by atoms with van der Waals surface area (Å²) in [6.45, 7) is 4.88. The van der Waals surface area contributed by atoms with Crippen LogP contribution in [0.4, 0.5) is 5.69 Å². The van der Waals surface area contributed by atoms with Gasteiger partial charge in [-0.05, 0) is 68.8 Å². The molecule has 0 heterocycles. The van der Waals surface area contributed by atoms with Crippen LogP contribution < -0.4 is 9.62 Å². The molecular weight excluding hydrogens is 578 g/mol. The van der Waals surface area contributed by atoms with Crippen molar-refractivity contribution in [2.75, 3.05) is 10.8 Å². The van der Waals surface area contributed by atoms with Crippen LogP contribution in [0.3, 0.4) is 0 Å². The first-order valence-corrected chi connectivity index (χ1v) is 14.3. The second kappa shape index (κ2) is 12.6. The zero-order chi connectivity index (χ0) is 27.2. The Bertz CT molecular complexity index is 1350. The lowest BCUT2D eigenvalue weighted by atomic mass is 10.1. The van der Waals surface area contributed by atoms with Gasteiger partial charge in [-0.3, -0.25) is 13.9 Å². The number of hydrogen-bond acceptors (Lipinski definition) is 4. The summed E-state index contributed by atoms with van der Waals surface area (Å²) in [5.74, 6) is -0.871. The van der Waals surface area contributed by atoms with E-state index in [1.807, 2.05) is 38.1 Å². The van der Waals surface area contributed by atoms with Gasteiger partial charge in [0.2, 0.25) is 11.8 Å². The summed E-state index contributed by atoms with van der Waals surface area (Å²) in [7, 11) is -4.12. The Labute approximate surface area is 231 Å². The van der Waals surface area contributed by atoms with Crippen molar-refractivity contribution in [1.82, 2.24) is 10.2 Å². The number of hydrogen-bond donors (Lipinski definition) is 1. The molecule has 10 heteroatoms. The SMILES string of the molecule is CC(C)NC(=O)[C@H](C)N(Cc1cccc(Br)c1)C(=O)CN(c1cccc(Cl)c1)S(=O)(=O)c1ccccc1. The highest BCUT2D eigenvalue weighted by Crippen LogP contribution is 2.27. The maximum atomic E-state index is 13.8. The highest BCUT2D eigenvalue weighted by atomic mass is 79.9. The number of nitrogens with zero attached hydrogens (tertiary/aromatic N) is 2. The zero-order valence-electron chi connectivity index (χ0n) is 20.8. The largest absolute Gasteiger partial charge is 0.352 e. The Hall–Kier alpha value is -2.88. The van der Waals surface area contributed by atoms with Gasteiger partial charge in [-0.1, -0.05) is 63.9 Å². The van der Waals surface area contributed by atoms with E-state index in [0.717, 1.165) is 14.3 Å². The van der Waals surface area contributed by atoms with Crippen LogP contribution in [0.5, 0.6) is 0 Å². The average Bonchev–Trinajstić information content (AvgIpc) is 2.85. The van der Waals surface area contributed by atoms with Crippen LogP contribution in [0.1, 0.15) is 26.3 Å². The van der Waals surface area contributed by atoms with E-state index < -0.39 is 28.5 Å². The molecule has 0 fully saturated rings. The van der Waals surface area contributed by atoms with Crippen molar-refractivity contribution in [2.45, 2.75) is 44.3 Å². The molecule has 7 nitrogen and oxygen atoms in total. The van der Waals surface area contributed by atoms with Crippen molar-refractivity contribution in [1.29, 1.82) is 0 Å². The molecule has 196 valence electrons. The van der Waals surface area contributed by atoms with Gasteiger partial charge in [-0.2, -0.15) is 0 Å². The van der Waals surface area contributed by atoms with Crippen LogP contribution in [0.25, 0.3) is 0 Å². The molecular formula is C27H29BrClN3O4S. The quantitative estimate of drug-likeness (QED) is 0.342. The van der Waals surface area contributed by atoms with Crippen LogP contribution in [0, 0.1) is 0 Å². The molecule has 0 saturated carbocycles. The minimum Gasteiger partial charge on any atom is -0.352 e. The summed E-state index contributed by atoms with van der Waals surface area (Å²) >= 11 is 9.61. The van der Waals surface area contributed by atoms with Crippen molar-refractivity contribution in [3.63, 3.8) is 0 Å². The number of halogens is 2. The summed E-state index contributed by atoms with van der Waals surface area (Å²) in [6.07, 6.45) is 0. The zero-order valence-corrected chi connectivity index (χ0v) is 23.9. The number of sulfonamides is 1. The molecule has 0 aliphatic carbocycles. The second-order valence-corrected chi connectivity index (χ2v) is 12.0. The van der Waals surface area contributed by atoms with Crippen molar-refractivity contribution in [3.8, 4) is 0 Å². The summed E-state index contributed by atoms with van der Waals surface area (Å²) < 4.78 is 29.2. The fraction of sp³-hybridized carbons (Fsp3) is 0.259. The van der Waals surface area contributed by atoms with Gasteiger partial charge in [0.05, 0.1) is 10.6 Å². The minimum absolute atomic E-state index is 0.0342. The molecule has 0 bridgehead atoms. The van der Waals surface area contributed by atoms with Gasteiger partial charge in [-0.15, -0.1) is 0 Å². The maximum Gasteiger partial charge on any atom is 0.264 e. The molecule has 3 aromatic carbocycles. The molecule has 0 radical (unpaired) electrons. The predicted molar refractivity (Wildman–Crippen MR) is 150 cm³/mol.